The summed E-state index contributed by atoms with van der Waals surface area (Å²) in [5.74, 6) is -2.20. The summed E-state index contributed by atoms with van der Waals surface area (Å²) in [6.45, 7) is 7.22. The van der Waals surface area contributed by atoms with Crippen molar-refractivity contribution < 1.29 is 24.3 Å². The van der Waals surface area contributed by atoms with Gasteiger partial charge in [0.05, 0.1) is 11.4 Å². The van der Waals surface area contributed by atoms with E-state index >= 15 is 0 Å². The molecule has 0 saturated heterocycles. The number of carbonyl (C=O) groups is 4. The summed E-state index contributed by atoms with van der Waals surface area (Å²) in [4.78, 5) is 50.6. The van der Waals surface area contributed by atoms with Gasteiger partial charge in [0.15, 0.2) is 0 Å². The molecule has 0 radical (unpaired) electrons. The standard InChI is InChI=1S/C21H30N4O5/c1-5-13(4)18(20(28)29)24-19(27)15(10-12(2)3)23-21(30)25-11-17(26)22-14-8-6-7-9-16(14)25/h6-9,12-13,15,18H,5,10-11H2,1-4H3,(H,22,26)(H,23,30)(H,24,27)(H,28,29)/t13-,15+,18+/m1/s1. The van der Waals surface area contributed by atoms with Gasteiger partial charge in [-0.2, -0.15) is 0 Å². The number of hydrogen-bond donors (Lipinski definition) is 4. The predicted octanol–water partition coefficient (Wildman–Crippen LogP) is 2.18. The molecule has 9 nitrogen and oxygen atoms in total. The van der Waals surface area contributed by atoms with E-state index in [1.54, 1.807) is 31.2 Å². The molecule has 1 aliphatic rings. The average molecular weight is 418 g/mol. The Kier molecular flexibility index (Phi) is 7.79. The van der Waals surface area contributed by atoms with Crippen molar-refractivity contribution in [2.45, 2.75) is 52.6 Å². The maximum Gasteiger partial charge on any atom is 0.326 e. The Morgan fingerprint density at radius 1 is 1.17 bits per heavy atom. The van der Waals surface area contributed by atoms with Crippen LogP contribution in [0.3, 0.4) is 0 Å². The number of aliphatic carboxylic acids is 1. The Bertz CT molecular complexity index is 810. The number of para-hydroxylation sites is 2. The molecule has 9 heteroatoms. The number of nitrogens with zero attached hydrogens (tertiary/aromatic N) is 1. The van der Waals surface area contributed by atoms with E-state index < -0.39 is 30.0 Å². The number of anilines is 2. The first-order chi connectivity index (χ1) is 14.1. The second-order valence-electron chi connectivity index (χ2n) is 7.99. The van der Waals surface area contributed by atoms with Crippen LogP contribution in [0.25, 0.3) is 0 Å². The van der Waals surface area contributed by atoms with Gasteiger partial charge in [0.2, 0.25) is 11.8 Å². The van der Waals surface area contributed by atoms with Crippen molar-refractivity contribution in [1.82, 2.24) is 10.6 Å². The Hall–Kier alpha value is -3.10. The molecule has 1 heterocycles. The molecule has 164 valence electrons. The van der Waals surface area contributed by atoms with Crippen molar-refractivity contribution in [3.63, 3.8) is 0 Å². The zero-order chi connectivity index (χ0) is 22.4. The van der Waals surface area contributed by atoms with E-state index in [1.165, 1.54) is 4.90 Å². The summed E-state index contributed by atoms with van der Waals surface area (Å²) in [6.07, 6.45) is 0.907. The summed E-state index contributed by atoms with van der Waals surface area (Å²) in [5, 5.41) is 17.4. The Morgan fingerprint density at radius 2 is 1.83 bits per heavy atom. The number of hydrogen-bond acceptors (Lipinski definition) is 4. The molecule has 4 amide bonds. The van der Waals surface area contributed by atoms with E-state index in [0.717, 1.165) is 0 Å². The third-order valence-electron chi connectivity index (χ3n) is 5.11. The van der Waals surface area contributed by atoms with Gasteiger partial charge in [-0.1, -0.05) is 46.2 Å². The third-order valence-corrected chi connectivity index (χ3v) is 5.11. The molecule has 1 aliphatic heterocycles. The van der Waals surface area contributed by atoms with E-state index in [1.807, 2.05) is 20.8 Å². The summed E-state index contributed by atoms with van der Waals surface area (Å²) in [6, 6.07) is 4.32. The monoisotopic (exact) mass is 418 g/mol. The molecule has 30 heavy (non-hydrogen) atoms. The number of rotatable bonds is 8. The average Bonchev–Trinajstić information content (AvgIpc) is 2.69. The van der Waals surface area contributed by atoms with Crippen molar-refractivity contribution >= 4 is 35.2 Å². The molecule has 3 atom stereocenters. The number of carbonyl (C=O) groups excluding carboxylic acids is 3. The second-order valence-corrected chi connectivity index (χ2v) is 7.99. The molecule has 0 saturated carbocycles. The molecule has 0 unspecified atom stereocenters. The first-order valence-electron chi connectivity index (χ1n) is 10.1. The number of urea groups is 1. The predicted molar refractivity (Wildman–Crippen MR) is 113 cm³/mol. The van der Waals surface area contributed by atoms with Crippen LogP contribution < -0.4 is 20.9 Å². The van der Waals surface area contributed by atoms with Crippen LogP contribution in [-0.2, 0) is 14.4 Å². The SMILES string of the molecule is CC[C@@H](C)[C@H](NC(=O)[C@H](CC(C)C)NC(=O)N1CC(=O)Nc2ccccc21)C(=O)O. The van der Waals surface area contributed by atoms with Crippen LogP contribution in [0.1, 0.15) is 40.5 Å². The smallest absolute Gasteiger partial charge is 0.326 e. The van der Waals surface area contributed by atoms with Crippen LogP contribution >= 0.6 is 0 Å². The number of fused-ring (bicyclic) bond motifs is 1. The highest BCUT2D eigenvalue weighted by Gasteiger charge is 2.33. The quantitative estimate of drug-likeness (QED) is 0.514. The van der Waals surface area contributed by atoms with Crippen molar-refractivity contribution in [3.8, 4) is 0 Å². The molecular weight excluding hydrogens is 388 g/mol. The minimum atomic E-state index is -1.12. The van der Waals surface area contributed by atoms with E-state index in [-0.39, 0.29) is 24.3 Å². The number of benzene rings is 1. The molecule has 0 aromatic heterocycles. The van der Waals surface area contributed by atoms with E-state index in [9.17, 15) is 24.3 Å². The van der Waals surface area contributed by atoms with Gasteiger partial charge in [0, 0.05) is 0 Å². The van der Waals surface area contributed by atoms with Gasteiger partial charge >= 0.3 is 12.0 Å². The first-order valence-corrected chi connectivity index (χ1v) is 10.1. The topological polar surface area (TPSA) is 128 Å². The highest BCUT2D eigenvalue weighted by Crippen LogP contribution is 2.28. The van der Waals surface area contributed by atoms with Gasteiger partial charge in [-0.05, 0) is 30.4 Å². The normalized spacial score (nSPS) is 16.2. The lowest BCUT2D eigenvalue weighted by atomic mass is 9.97. The van der Waals surface area contributed by atoms with Crippen molar-refractivity contribution in [1.29, 1.82) is 0 Å². The minimum Gasteiger partial charge on any atom is -0.480 e. The number of nitrogens with one attached hydrogen (secondary N) is 3. The van der Waals surface area contributed by atoms with E-state index in [2.05, 4.69) is 16.0 Å². The van der Waals surface area contributed by atoms with Crippen LogP contribution in [0.4, 0.5) is 16.2 Å². The zero-order valence-corrected chi connectivity index (χ0v) is 17.8. The molecule has 4 N–H and O–H groups in total. The van der Waals surface area contributed by atoms with Crippen molar-refractivity contribution in [2.75, 3.05) is 16.8 Å². The van der Waals surface area contributed by atoms with Crippen molar-refractivity contribution in [2.24, 2.45) is 11.8 Å². The largest absolute Gasteiger partial charge is 0.480 e. The van der Waals surface area contributed by atoms with Crippen LogP contribution in [-0.4, -0.2) is 47.5 Å². The number of carboxylic acids is 1. The van der Waals surface area contributed by atoms with Gasteiger partial charge in [0.25, 0.3) is 0 Å². The molecule has 0 spiro atoms. The van der Waals surface area contributed by atoms with E-state index in [0.29, 0.717) is 24.2 Å². The van der Waals surface area contributed by atoms with Crippen LogP contribution in [0, 0.1) is 11.8 Å². The zero-order valence-electron chi connectivity index (χ0n) is 17.8. The lowest BCUT2D eigenvalue weighted by Gasteiger charge is -2.31. The minimum absolute atomic E-state index is 0.0740. The summed E-state index contributed by atoms with van der Waals surface area (Å²) < 4.78 is 0. The fourth-order valence-corrected chi connectivity index (χ4v) is 3.28. The fourth-order valence-electron chi connectivity index (χ4n) is 3.28. The Balaban J connectivity index is 2.20. The lowest BCUT2D eigenvalue weighted by Crippen LogP contribution is -2.57. The van der Waals surface area contributed by atoms with Crippen LogP contribution in [0.5, 0.6) is 0 Å². The van der Waals surface area contributed by atoms with Gasteiger partial charge in [0.1, 0.15) is 18.6 Å². The summed E-state index contributed by atoms with van der Waals surface area (Å²) in [7, 11) is 0. The second kappa shape index (κ2) is 10.1. The van der Waals surface area contributed by atoms with Crippen LogP contribution in [0.15, 0.2) is 24.3 Å². The summed E-state index contributed by atoms with van der Waals surface area (Å²) >= 11 is 0. The Morgan fingerprint density at radius 3 is 2.43 bits per heavy atom. The molecule has 2 rings (SSSR count). The molecule has 0 fully saturated rings. The van der Waals surface area contributed by atoms with Gasteiger partial charge in [-0.3, -0.25) is 14.5 Å². The summed E-state index contributed by atoms with van der Waals surface area (Å²) in [5.41, 5.74) is 1.04. The first kappa shape index (κ1) is 23.2. The van der Waals surface area contributed by atoms with Gasteiger partial charge in [-0.25, -0.2) is 9.59 Å². The van der Waals surface area contributed by atoms with Crippen LogP contribution in [0.2, 0.25) is 0 Å². The highest BCUT2D eigenvalue weighted by atomic mass is 16.4. The molecule has 1 aromatic carbocycles. The maximum absolute atomic E-state index is 13.0. The fraction of sp³-hybridized carbons (Fsp3) is 0.524. The van der Waals surface area contributed by atoms with Gasteiger partial charge < -0.3 is 21.1 Å². The molecular formula is C21H30N4O5. The maximum atomic E-state index is 13.0. The number of carboxylic acid groups (broad SMARTS) is 1. The number of amides is 4. The van der Waals surface area contributed by atoms with Gasteiger partial charge in [-0.15, -0.1) is 0 Å². The molecule has 1 aromatic rings. The molecule has 0 aliphatic carbocycles. The van der Waals surface area contributed by atoms with E-state index in [4.69, 9.17) is 0 Å². The van der Waals surface area contributed by atoms with Crippen molar-refractivity contribution in [3.05, 3.63) is 24.3 Å². The third kappa shape index (κ3) is 5.71. The lowest BCUT2D eigenvalue weighted by molar-refractivity contribution is -0.143. The molecule has 0 bridgehead atoms. The Labute approximate surface area is 176 Å². The highest BCUT2D eigenvalue weighted by molar-refractivity contribution is 6.10.